The number of fused-ring (bicyclic) bond motifs is 2. The minimum absolute atomic E-state index is 0.0382. The van der Waals surface area contributed by atoms with Crippen LogP contribution in [0.5, 0.6) is 0 Å². The van der Waals surface area contributed by atoms with Crippen LogP contribution >= 0.6 is 0 Å². The number of hydrogen-bond acceptors (Lipinski definition) is 3. The Hall–Kier alpha value is -2.37. The predicted octanol–water partition coefficient (Wildman–Crippen LogP) is 2.86. The molecule has 1 aromatic carbocycles. The number of urea groups is 1. The van der Waals surface area contributed by atoms with Crippen LogP contribution in [0, 0.1) is 0 Å². The standard InChI is InChI=1S/C21H29N3O3/c1-3-4-5-6-9-15(2)22-18(25)14-24-19(26)21(23-20(24)27)13-12-16-10-7-8-11-17(16)21/h7-8,10-11,15H,3-6,9,12-14H2,1-2H3,(H,22,25)(H,23,27)/t15-,21-/m0/s1. The number of imide groups is 1. The number of nitrogens with one attached hydrogen (secondary N) is 2. The van der Waals surface area contributed by atoms with Crippen LogP contribution < -0.4 is 10.6 Å². The number of hydrogen-bond donors (Lipinski definition) is 2. The Labute approximate surface area is 160 Å². The molecule has 1 heterocycles. The van der Waals surface area contributed by atoms with Crippen molar-refractivity contribution in [1.82, 2.24) is 15.5 Å². The van der Waals surface area contributed by atoms with Gasteiger partial charge in [0.2, 0.25) is 5.91 Å². The highest BCUT2D eigenvalue weighted by atomic mass is 16.2. The molecule has 0 bridgehead atoms. The molecule has 2 atom stereocenters. The minimum Gasteiger partial charge on any atom is -0.352 e. The molecule has 1 aliphatic carbocycles. The van der Waals surface area contributed by atoms with Gasteiger partial charge in [0.15, 0.2) is 0 Å². The summed E-state index contributed by atoms with van der Waals surface area (Å²) in [7, 11) is 0. The molecule has 0 aromatic heterocycles. The van der Waals surface area contributed by atoms with E-state index in [9.17, 15) is 14.4 Å². The van der Waals surface area contributed by atoms with Gasteiger partial charge >= 0.3 is 6.03 Å². The lowest BCUT2D eigenvalue weighted by atomic mass is 9.92. The van der Waals surface area contributed by atoms with E-state index in [0.29, 0.717) is 6.42 Å². The number of aryl methyl sites for hydroxylation is 1. The van der Waals surface area contributed by atoms with Crippen molar-refractivity contribution < 1.29 is 14.4 Å². The molecule has 0 radical (unpaired) electrons. The fraction of sp³-hybridized carbons (Fsp3) is 0.571. The van der Waals surface area contributed by atoms with Crippen LogP contribution in [0.2, 0.25) is 0 Å². The topological polar surface area (TPSA) is 78.5 Å². The van der Waals surface area contributed by atoms with E-state index in [1.165, 1.54) is 12.8 Å². The van der Waals surface area contributed by atoms with Gasteiger partial charge in [-0.1, -0.05) is 56.9 Å². The van der Waals surface area contributed by atoms with Gasteiger partial charge in [-0.15, -0.1) is 0 Å². The first-order valence-electron chi connectivity index (χ1n) is 10.00. The first-order valence-corrected chi connectivity index (χ1v) is 10.00. The highest BCUT2D eigenvalue weighted by molar-refractivity contribution is 6.09. The molecule has 1 saturated heterocycles. The normalized spacial score (nSPS) is 22.1. The quantitative estimate of drug-likeness (QED) is 0.545. The first-order chi connectivity index (χ1) is 13.0. The summed E-state index contributed by atoms with van der Waals surface area (Å²) in [5, 5.41) is 5.76. The molecular weight excluding hydrogens is 342 g/mol. The van der Waals surface area contributed by atoms with Gasteiger partial charge in [-0.05, 0) is 37.3 Å². The second-order valence-electron chi connectivity index (χ2n) is 7.70. The molecule has 1 spiro atoms. The maximum absolute atomic E-state index is 13.0. The van der Waals surface area contributed by atoms with Crippen molar-refractivity contribution in [2.75, 3.05) is 6.54 Å². The summed E-state index contributed by atoms with van der Waals surface area (Å²) in [6.45, 7) is 3.90. The zero-order valence-electron chi connectivity index (χ0n) is 16.2. The Morgan fingerprint density at radius 3 is 2.81 bits per heavy atom. The van der Waals surface area contributed by atoms with E-state index in [1.807, 2.05) is 31.2 Å². The lowest BCUT2D eigenvalue weighted by molar-refractivity contribution is -0.135. The molecule has 3 rings (SSSR count). The maximum atomic E-state index is 13.0. The van der Waals surface area contributed by atoms with E-state index in [1.54, 1.807) is 0 Å². The molecule has 2 N–H and O–H groups in total. The molecule has 1 aliphatic heterocycles. The van der Waals surface area contributed by atoms with E-state index in [-0.39, 0.29) is 24.4 Å². The number of rotatable bonds is 8. The second-order valence-corrected chi connectivity index (χ2v) is 7.70. The molecule has 1 aromatic rings. The summed E-state index contributed by atoms with van der Waals surface area (Å²) in [4.78, 5) is 38.9. The largest absolute Gasteiger partial charge is 0.352 e. The predicted molar refractivity (Wildman–Crippen MR) is 103 cm³/mol. The molecule has 6 nitrogen and oxygen atoms in total. The van der Waals surface area contributed by atoms with Crippen LogP contribution in [0.25, 0.3) is 0 Å². The minimum atomic E-state index is -1.00. The zero-order chi connectivity index (χ0) is 19.4. The maximum Gasteiger partial charge on any atom is 0.325 e. The lowest BCUT2D eigenvalue weighted by Crippen LogP contribution is -2.45. The van der Waals surface area contributed by atoms with Gasteiger partial charge in [0.05, 0.1) is 0 Å². The third kappa shape index (κ3) is 3.84. The molecule has 6 heteroatoms. The molecule has 2 aliphatic rings. The highest BCUT2D eigenvalue weighted by Gasteiger charge is 2.55. The van der Waals surface area contributed by atoms with E-state index < -0.39 is 11.6 Å². The van der Waals surface area contributed by atoms with Crippen LogP contribution in [0.4, 0.5) is 4.79 Å². The Morgan fingerprint density at radius 2 is 2.04 bits per heavy atom. The average molecular weight is 371 g/mol. The Morgan fingerprint density at radius 1 is 1.26 bits per heavy atom. The van der Waals surface area contributed by atoms with Gasteiger partial charge in [0, 0.05) is 6.04 Å². The van der Waals surface area contributed by atoms with Gasteiger partial charge in [-0.3, -0.25) is 14.5 Å². The van der Waals surface area contributed by atoms with E-state index >= 15 is 0 Å². The molecule has 146 valence electrons. The van der Waals surface area contributed by atoms with Crippen molar-refractivity contribution in [1.29, 1.82) is 0 Å². The Bertz CT molecular complexity index is 733. The van der Waals surface area contributed by atoms with E-state index in [2.05, 4.69) is 17.6 Å². The first kappa shape index (κ1) is 19.4. The number of amides is 4. The third-order valence-electron chi connectivity index (χ3n) is 5.62. The van der Waals surface area contributed by atoms with Gasteiger partial charge in [-0.2, -0.15) is 0 Å². The smallest absolute Gasteiger partial charge is 0.325 e. The molecule has 27 heavy (non-hydrogen) atoms. The average Bonchev–Trinajstić information content (AvgIpc) is 3.13. The van der Waals surface area contributed by atoms with Crippen LogP contribution in [0.15, 0.2) is 24.3 Å². The summed E-state index contributed by atoms with van der Waals surface area (Å²) in [5.41, 5.74) is 0.938. The van der Waals surface area contributed by atoms with Crippen molar-refractivity contribution in [3.8, 4) is 0 Å². The van der Waals surface area contributed by atoms with E-state index in [0.717, 1.165) is 41.7 Å². The molecule has 0 saturated carbocycles. The molecule has 1 fully saturated rings. The summed E-state index contributed by atoms with van der Waals surface area (Å²) in [5.74, 6) is -0.604. The highest BCUT2D eigenvalue weighted by Crippen LogP contribution is 2.41. The van der Waals surface area contributed by atoms with Crippen LogP contribution in [-0.4, -0.2) is 35.3 Å². The van der Waals surface area contributed by atoms with Crippen LogP contribution in [0.1, 0.15) is 63.5 Å². The third-order valence-corrected chi connectivity index (χ3v) is 5.62. The fourth-order valence-electron chi connectivity index (χ4n) is 4.15. The number of benzene rings is 1. The number of unbranched alkanes of at least 4 members (excludes halogenated alkanes) is 3. The monoisotopic (exact) mass is 371 g/mol. The van der Waals surface area contributed by atoms with Crippen molar-refractivity contribution >= 4 is 17.8 Å². The summed E-state index contributed by atoms with van der Waals surface area (Å²) in [6, 6.07) is 7.24. The SMILES string of the molecule is CCCCCC[C@H](C)NC(=O)CN1C(=O)N[C@]2(CCc3ccccc32)C1=O. The second kappa shape index (κ2) is 8.11. The lowest BCUT2D eigenvalue weighted by Gasteiger charge is -2.22. The zero-order valence-corrected chi connectivity index (χ0v) is 16.2. The fourth-order valence-corrected chi connectivity index (χ4v) is 4.15. The number of carbonyl (C=O) groups is 3. The number of carbonyl (C=O) groups excluding carboxylic acids is 3. The molecule has 0 unspecified atom stereocenters. The van der Waals surface area contributed by atoms with E-state index in [4.69, 9.17) is 0 Å². The van der Waals surface area contributed by atoms with Crippen molar-refractivity contribution in [3.63, 3.8) is 0 Å². The van der Waals surface area contributed by atoms with Crippen molar-refractivity contribution in [3.05, 3.63) is 35.4 Å². The van der Waals surface area contributed by atoms with Gasteiger partial charge in [0.25, 0.3) is 5.91 Å². The van der Waals surface area contributed by atoms with Crippen LogP contribution in [0.3, 0.4) is 0 Å². The molecule has 4 amide bonds. The van der Waals surface area contributed by atoms with Crippen molar-refractivity contribution in [2.24, 2.45) is 0 Å². The van der Waals surface area contributed by atoms with Gasteiger partial charge < -0.3 is 10.6 Å². The van der Waals surface area contributed by atoms with Gasteiger partial charge in [-0.25, -0.2) is 4.79 Å². The Balaban J connectivity index is 1.59. The number of nitrogens with zero attached hydrogens (tertiary/aromatic N) is 1. The summed E-state index contributed by atoms with van der Waals surface area (Å²) < 4.78 is 0. The summed E-state index contributed by atoms with van der Waals surface area (Å²) in [6.07, 6.45) is 6.80. The van der Waals surface area contributed by atoms with Gasteiger partial charge in [0.1, 0.15) is 12.1 Å². The Kier molecular flexibility index (Phi) is 5.82. The summed E-state index contributed by atoms with van der Waals surface area (Å²) >= 11 is 0. The van der Waals surface area contributed by atoms with Crippen molar-refractivity contribution in [2.45, 2.75) is 70.4 Å². The van der Waals surface area contributed by atoms with Crippen LogP contribution in [-0.2, 0) is 21.5 Å². The molecular formula is C21H29N3O3.